The second-order valence-electron chi connectivity index (χ2n) is 10.0. The minimum Gasteiger partial charge on any atom is -0.446 e. The van der Waals surface area contributed by atoms with E-state index in [0.717, 1.165) is 28.9 Å². The molecular weight excluding hydrogens is 571 g/mol. The van der Waals surface area contributed by atoms with Gasteiger partial charge < -0.3 is 9.64 Å². The van der Waals surface area contributed by atoms with Gasteiger partial charge in [0.1, 0.15) is 0 Å². The summed E-state index contributed by atoms with van der Waals surface area (Å²) in [5.74, 6) is -0.748. The number of carbonyl (C=O) groups is 2. The summed E-state index contributed by atoms with van der Waals surface area (Å²) < 4.78 is 127. The summed E-state index contributed by atoms with van der Waals surface area (Å²) in [7, 11) is 0. The molecule has 1 aliphatic rings. The molecular formula is C27H27F9N2O3. The first-order valence-electron chi connectivity index (χ1n) is 12.5. The Morgan fingerprint density at radius 3 is 1.95 bits per heavy atom. The third-order valence-corrected chi connectivity index (χ3v) is 6.53. The van der Waals surface area contributed by atoms with Crippen molar-refractivity contribution in [3.05, 3.63) is 63.7 Å². The number of alkyl halides is 9. The first kappa shape index (κ1) is 32.1. The Morgan fingerprint density at radius 2 is 1.49 bits per heavy atom. The smallest absolute Gasteiger partial charge is 0.416 e. The molecule has 0 radical (unpaired) electrons. The van der Waals surface area contributed by atoms with Gasteiger partial charge in [-0.25, -0.2) is 4.79 Å². The molecule has 3 rings (SSSR count). The molecule has 0 aromatic heterocycles. The predicted octanol–water partition coefficient (Wildman–Crippen LogP) is 8.29. The van der Waals surface area contributed by atoms with E-state index in [1.807, 2.05) is 0 Å². The van der Waals surface area contributed by atoms with Crippen LogP contribution < -0.4 is 4.90 Å². The van der Waals surface area contributed by atoms with Crippen molar-refractivity contribution >= 4 is 17.7 Å². The highest BCUT2D eigenvalue weighted by Crippen LogP contribution is 2.44. The van der Waals surface area contributed by atoms with Gasteiger partial charge in [-0.1, -0.05) is 6.07 Å². The Labute approximate surface area is 229 Å². The Balaban J connectivity index is 2.19. The molecule has 0 unspecified atom stereocenters. The van der Waals surface area contributed by atoms with Crippen LogP contribution in [0.25, 0.3) is 0 Å². The number of anilines is 1. The van der Waals surface area contributed by atoms with Crippen LogP contribution >= 0.6 is 0 Å². The van der Waals surface area contributed by atoms with Crippen LogP contribution in [0.15, 0.2) is 30.3 Å². The molecule has 5 nitrogen and oxygen atoms in total. The van der Waals surface area contributed by atoms with Crippen LogP contribution in [0.1, 0.15) is 73.0 Å². The fourth-order valence-corrected chi connectivity index (χ4v) is 4.77. The lowest BCUT2D eigenvalue weighted by Crippen LogP contribution is -2.35. The molecule has 14 heteroatoms. The lowest BCUT2D eigenvalue weighted by Gasteiger charge is -2.33. The van der Waals surface area contributed by atoms with E-state index in [4.69, 9.17) is 4.74 Å². The quantitative estimate of drug-likeness (QED) is 0.333. The normalized spacial score (nSPS) is 16.3. The minimum atomic E-state index is -5.12. The molecule has 41 heavy (non-hydrogen) atoms. The van der Waals surface area contributed by atoms with E-state index in [-0.39, 0.29) is 42.3 Å². The summed E-state index contributed by atoms with van der Waals surface area (Å²) in [5.41, 5.74) is -5.06. The average molecular weight is 599 g/mol. The maximum absolute atomic E-state index is 13.8. The highest BCUT2D eigenvalue weighted by atomic mass is 19.4. The number of ether oxygens (including phenoxy) is 1. The highest BCUT2D eigenvalue weighted by Gasteiger charge is 2.40. The van der Waals surface area contributed by atoms with Crippen LogP contribution in [0.2, 0.25) is 0 Å². The Kier molecular flexibility index (Phi) is 8.95. The number of fused-ring (bicyclic) bond motifs is 1. The number of carbonyl (C=O) groups excluding carboxylic acids is 2. The summed E-state index contributed by atoms with van der Waals surface area (Å²) in [6.07, 6.45) is -16.4. The van der Waals surface area contributed by atoms with E-state index in [9.17, 15) is 49.1 Å². The van der Waals surface area contributed by atoms with Crippen molar-refractivity contribution in [1.29, 1.82) is 0 Å². The van der Waals surface area contributed by atoms with Crippen LogP contribution in [0, 0.1) is 6.92 Å². The molecule has 0 aliphatic carbocycles. The number of amides is 2. The molecule has 0 N–H and O–H groups in total. The van der Waals surface area contributed by atoms with Gasteiger partial charge in [-0.05, 0) is 74.6 Å². The lowest BCUT2D eigenvalue weighted by molar-refractivity contribution is -0.143. The van der Waals surface area contributed by atoms with Gasteiger partial charge >= 0.3 is 24.6 Å². The predicted molar refractivity (Wildman–Crippen MR) is 130 cm³/mol. The van der Waals surface area contributed by atoms with Crippen molar-refractivity contribution in [2.24, 2.45) is 0 Å². The molecule has 0 spiro atoms. The number of halogens is 9. The summed E-state index contributed by atoms with van der Waals surface area (Å²) in [6.45, 7) is 4.48. The zero-order valence-electron chi connectivity index (χ0n) is 22.4. The van der Waals surface area contributed by atoms with Crippen LogP contribution in [0.5, 0.6) is 0 Å². The Bertz CT molecular complexity index is 1270. The van der Waals surface area contributed by atoms with Crippen LogP contribution in [-0.2, 0) is 34.6 Å². The number of nitrogens with zero attached hydrogens (tertiary/aromatic N) is 2. The fraction of sp³-hybridized carbons (Fsp3) is 0.481. The zero-order chi connectivity index (χ0) is 31.1. The van der Waals surface area contributed by atoms with Gasteiger partial charge in [0.15, 0.2) is 0 Å². The maximum Gasteiger partial charge on any atom is 0.416 e. The Morgan fingerprint density at radius 1 is 0.927 bits per heavy atom. The molecule has 0 bridgehead atoms. The van der Waals surface area contributed by atoms with Crippen LogP contribution in [0.4, 0.5) is 50.0 Å². The van der Waals surface area contributed by atoms with Crippen molar-refractivity contribution in [3.63, 3.8) is 0 Å². The first-order chi connectivity index (χ1) is 18.7. The van der Waals surface area contributed by atoms with Crippen LogP contribution in [0.3, 0.4) is 0 Å². The maximum atomic E-state index is 13.8. The molecule has 2 amide bonds. The lowest BCUT2D eigenvalue weighted by atomic mass is 9.94. The molecule has 0 saturated carbocycles. The molecule has 0 saturated heterocycles. The highest BCUT2D eigenvalue weighted by molar-refractivity contribution is 5.90. The van der Waals surface area contributed by atoms with Gasteiger partial charge in [-0.15, -0.1) is 0 Å². The number of benzene rings is 2. The van der Waals surface area contributed by atoms with E-state index in [0.29, 0.717) is 12.1 Å². The number of hydrogen-bond donors (Lipinski definition) is 0. The SMILES string of the molecule is CC(=O)N(Cc1cc(C(F)(F)F)cc(C(F)(F)F)c1)[C@H]1CCCN(C(=O)OC(C)C)c2cc(C(F)(F)F)c(C)cc21. The summed E-state index contributed by atoms with van der Waals surface area (Å²) in [5, 5.41) is 0. The molecule has 0 fully saturated rings. The van der Waals surface area contributed by atoms with E-state index in [1.165, 1.54) is 20.8 Å². The van der Waals surface area contributed by atoms with Crippen molar-refractivity contribution in [2.75, 3.05) is 11.4 Å². The Hall–Kier alpha value is -3.45. The van der Waals surface area contributed by atoms with Gasteiger partial charge in [0.05, 0.1) is 34.5 Å². The molecule has 2 aromatic carbocycles. The average Bonchev–Trinajstić information content (AvgIpc) is 2.98. The second-order valence-corrected chi connectivity index (χ2v) is 10.0. The summed E-state index contributed by atoms with van der Waals surface area (Å²) in [6, 6.07) is 1.74. The standard InChI is InChI=1S/C27H27F9N2O3/c1-14(2)41-24(40)37-7-5-6-22(20-8-15(3)21(12-23(20)37)27(34,35)36)38(16(4)39)13-17-9-18(25(28,29)30)11-19(10-17)26(31,32)33/h8-12,14,22H,5-7,13H2,1-4H3/t22-/m0/s1. The molecule has 1 aliphatic heterocycles. The van der Waals surface area contributed by atoms with Crippen molar-refractivity contribution < 1.29 is 53.8 Å². The third kappa shape index (κ3) is 7.45. The largest absolute Gasteiger partial charge is 0.446 e. The van der Waals surface area contributed by atoms with E-state index in [1.54, 1.807) is 0 Å². The molecule has 1 heterocycles. The van der Waals surface area contributed by atoms with Gasteiger partial charge in [0, 0.05) is 20.0 Å². The van der Waals surface area contributed by atoms with Gasteiger partial charge in [0.25, 0.3) is 0 Å². The number of rotatable bonds is 4. The van der Waals surface area contributed by atoms with E-state index < -0.39 is 71.5 Å². The molecule has 2 aromatic rings. The van der Waals surface area contributed by atoms with E-state index >= 15 is 0 Å². The second kappa shape index (κ2) is 11.4. The van der Waals surface area contributed by atoms with Crippen molar-refractivity contribution in [3.8, 4) is 0 Å². The summed E-state index contributed by atoms with van der Waals surface area (Å²) in [4.78, 5) is 27.7. The minimum absolute atomic E-state index is 0.0389. The van der Waals surface area contributed by atoms with Gasteiger partial charge in [0.2, 0.25) is 5.91 Å². The molecule has 1 atom stereocenters. The van der Waals surface area contributed by atoms with Crippen molar-refractivity contribution in [2.45, 2.75) is 77.8 Å². The topological polar surface area (TPSA) is 49.9 Å². The number of hydrogen-bond acceptors (Lipinski definition) is 3. The third-order valence-electron chi connectivity index (χ3n) is 6.53. The van der Waals surface area contributed by atoms with Crippen LogP contribution in [-0.4, -0.2) is 29.5 Å². The fourth-order valence-electron chi connectivity index (χ4n) is 4.77. The first-order valence-corrected chi connectivity index (χ1v) is 12.5. The number of aryl methyl sites for hydroxylation is 1. The monoisotopic (exact) mass is 598 g/mol. The van der Waals surface area contributed by atoms with Crippen molar-refractivity contribution in [1.82, 2.24) is 4.90 Å². The molecule has 226 valence electrons. The van der Waals surface area contributed by atoms with Gasteiger partial charge in [-0.2, -0.15) is 39.5 Å². The summed E-state index contributed by atoms with van der Waals surface area (Å²) >= 11 is 0. The van der Waals surface area contributed by atoms with Gasteiger partial charge in [-0.3, -0.25) is 9.69 Å². The van der Waals surface area contributed by atoms with E-state index in [2.05, 4.69) is 0 Å². The zero-order valence-corrected chi connectivity index (χ0v) is 22.4.